The van der Waals surface area contributed by atoms with E-state index in [1.807, 2.05) is 30.0 Å². The molecule has 23 heteroatoms. The second-order valence-corrected chi connectivity index (χ2v) is 21.4. The Labute approximate surface area is 470 Å². The van der Waals surface area contributed by atoms with Gasteiger partial charge in [-0.05, 0) is 93.0 Å². The molecule has 0 aliphatic carbocycles. The number of thiophene rings is 1. The summed E-state index contributed by atoms with van der Waals surface area (Å²) in [7, 11) is 0. The zero-order valence-electron chi connectivity index (χ0n) is 45.0. The van der Waals surface area contributed by atoms with Crippen LogP contribution in [0, 0.1) is 0 Å². The van der Waals surface area contributed by atoms with Crippen LogP contribution >= 0.6 is 23.1 Å². The first-order valence-electron chi connectivity index (χ1n) is 27.2. The van der Waals surface area contributed by atoms with Gasteiger partial charge in [-0.2, -0.15) is 11.8 Å². The summed E-state index contributed by atoms with van der Waals surface area (Å²) >= 11 is 3.37. The quantitative estimate of drug-likeness (QED) is 0.0215. The summed E-state index contributed by atoms with van der Waals surface area (Å²) in [5.74, 6) is 1.43. The third kappa shape index (κ3) is 21.1. The van der Waals surface area contributed by atoms with Crippen LogP contribution in [-0.4, -0.2) is 170 Å². The maximum Gasteiger partial charge on any atom is 0.254 e. The van der Waals surface area contributed by atoms with Crippen molar-refractivity contribution in [3.8, 4) is 22.9 Å². The number of unbranched alkanes of at least 4 members (excludes halogenated alkanes) is 1. The molecule has 4 aromatic rings. The maximum absolute atomic E-state index is 13.8. The van der Waals surface area contributed by atoms with Crippen molar-refractivity contribution in [3.63, 3.8) is 0 Å². The Bertz CT molecular complexity index is 2660. The number of hydrogen-bond donors (Lipinski definition) is 9. The van der Waals surface area contributed by atoms with Crippen LogP contribution < -0.4 is 42.8 Å². The van der Waals surface area contributed by atoms with E-state index in [4.69, 9.17) is 40.4 Å². The minimum Gasteiger partial charge on any atom is -0.508 e. The number of nitrogens with zero attached hydrogens (tertiary/aromatic N) is 3. The van der Waals surface area contributed by atoms with Crippen molar-refractivity contribution in [1.82, 2.24) is 30.8 Å². The standard InChI is InChI=1S/C56H78N10O11S2/c1-2-48(69)63-43-17-16-40(56(73)66-24-18-38(19-25-66)47-36-44-53(79-47)55(62-23-26-67)65-54(64-44)39-10-5-11-41(68)34-39)35-45(43)77-29-9-22-61-51(72)15-6-14-50(71)60-21-8-28-75-31-33-76-32-30-74-27-7-20-59-49(70)13-4-3-12-46-52(58)42(57)37-78-46/h2,5,10-11,16-18,34-36,42,46,52,67-68H,1,3-4,6-9,12-15,19-33,37,57-58H2,(H,59,70)(H,60,71)(H,61,72)(H,63,69)(H,62,64,65)/t42?,46-,52-/m1/s1. The van der Waals surface area contributed by atoms with E-state index in [0.717, 1.165) is 58.2 Å². The Balaban J connectivity index is 0.791. The number of hydrogen-bond acceptors (Lipinski definition) is 18. The topological polar surface area (TPSA) is 304 Å². The van der Waals surface area contributed by atoms with Crippen LogP contribution in [0.15, 0.2) is 67.3 Å². The number of nitrogens with two attached hydrogens (primary N) is 2. The zero-order valence-corrected chi connectivity index (χ0v) is 46.6. The summed E-state index contributed by atoms with van der Waals surface area (Å²) in [6.07, 6.45) is 9.71. The van der Waals surface area contributed by atoms with E-state index in [1.54, 1.807) is 41.3 Å². The van der Waals surface area contributed by atoms with Crippen molar-refractivity contribution in [2.24, 2.45) is 11.5 Å². The summed E-state index contributed by atoms with van der Waals surface area (Å²) in [6.45, 7) is 8.89. The summed E-state index contributed by atoms with van der Waals surface area (Å²) in [4.78, 5) is 75.3. The largest absolute Gasteiger partial charge is 0.508 e. The number of phenolic OH excluding ortho intramolecular Hbond substituents is 1. The Morgan fingerprint density at radius 2 is 1.46 bits per heavy atom. The van der Waals surface area contributed by atoms with Gasteiger partial charge in [0, 0.05) is 111 Å². The molecule has 21 nitrogen and oxygen atoms in total. The molecule has 5 amide bonds. The lowest BCUT2D eigenvalue weighted by Gasteiger charge is -2.26. The van der Waals surface area contributed by atoms with Crippen LogP contribution in [0.1, 0.15) is 85.9 Å². The number of thioether (sulfide) groups is 1. The number of carbonyl (C=O) groups is 5. The minimum absolute atomic E-state index is 0.0514. The van der Waals surface area contributed by atoms with Gasteiger partial charge in [0.2, 0.25) is 23.6 Å². The fourth-order valence-electron chi connectivity index (χ4n) is 8.62. The van der Waals surface area contributed by atoms with Crippen molar-refractivity contribution >= 4 is 79.9 Å². The van der Waals surface area contributed by atoms with Crippen LogP contribution in [0.5, 0.6) is 11.5 Å². The number of aromatic hydroxyl groups is 1. The number of carbonyl (C=O) groups excluding carboxylic acids is 5. The highest BCUT2D eigenvalue weighted by Gasteiger charge is 2.31. The molecule has 1 unspecified atom stereocenters. The predicted molar refractivity (Wildman–Crippen MR) is 309 cm³/mol. The van der Waals surface area contributed by atoms with Gasteiger partial charge in [-0.3, -0.25) is 24.0 Å². The molecule has 3 atom stereocenters. The van der Waals surface area contributed by atoms with Gasteiger partial charge in [0.05, 0.1) is 55.5 Å². The number of nitrogens with one attached hydrogen (secondary N) is 5. The van der Waals surface area contributed by atoms with E-state index in [-0.39, 0.29) is 67.5 Å². The molecule has 6 rings (SSSR count). The number of rotatable bonds is 36. The van der Waals surface area contributed by atoms with Gasteiger partial charge in [-0.15, -0.1) is 11.3 Å². The van der Waals surface area contributed by atoms with Crippen molar-refractivity contribution < 1.29 is 53.1 Å². The molecule has 0 spiro atoms. The van der Waals surface area contributed by atoms with Gasteiger partial charge in [0.1, 0.15) is 17.3 Å². The Morgan fingerprint density at radius 3 is 2.08 bits per heavy atom. The molecule has 430 valence electrons. The minimum atomic E-state index is -0.440. The molecule has 0 bridgehead atoms. The highest BCUT2D eigenvalue weighted by atomic mass is 32.2. The van der Waals surface area contributed by atoms with Crippen LogP contribution in [0.4, 0.5) is 11.5 Å². The van der Waals surface area contributed by atoms with Gasteiger partial charge >= 0.3 is 0 Å². The van der Waals surface area contributed by atoms with Gasteiger partial charge in [0.15, 0.2) is 5.82 Å². The molecule has 0 saturated carbocycles. The lowest BCUT2D eigenvalue weighted by molar-refractivity contribution is -0.123. The highest BCUT2D eigenvalue weighted by molar-refractivity contribution is 8.00. The fraction of sp³-hybridized carbons (Fsp3) is 0.518. The molecule has 79 heavy (non-hydrogen) atoms. The van der Waals surface area contributed by atoms with E-state index < -0.39 is 5.91 Å². The molecular weight excluding hydrogens is 1050 g/mol. The van der Waals surface area contributed by atoms with E-state index >= 15 is 0 Å². The number of aromatic nitrogens is 2. The first-order valence-corrected chi connectivity index (χ1v) is 29.1. The van der Waals surface area contributed by atoms with E-state index in [1.165, 1.54) is 11.3 Å². The second kappa shape index (κ2) is 34.1. The van der Waals surface area contributed by atoms with Gasteiger partial charge in [-0.1, -0.05) is 31.2 Å². The van der Waals surface area contributed by atoms with Gasteiger partial charge < -0.3 is 72.1 Å². The Hall–Kier alpha value is -6.18. The SMILES string of the molecule is C=CC(=O)Nc1ccc(C(=O)N2CC=C(c3cc4nc(-c5cccc(O)c5)nc(NCCO)c4s3)CC2)cc1OCCCNC(=O)CCCC(=O)NCCCOCCOCCOCCCNC(=O)CCCC[C@H]1SCC(N)[C@H]1N. The average Bonchev–Trinajstić information content (AvgIpc) is 4.10. The van der Waals surface area contributed by atoms with Crippen LogP contribution in [-0.2, 0) is 33.4 Å². The lowest BCUT2D eigenvalue weighted by Crippen LogP contribution is -2.43. The summed E-state index contributed by atoms with van der Waals surface area (Å²) in [5.41, 5.74) is 15.3. The predicted octanol–water partition coefficient (Wildman–Crippen LogP) is 4.97. The molecule has 0 radical (unpaired) electrons. The summed E-state index contributed by atoms with van der Waals surface area (Å²) < 4.78 is 23.6. The highest BCUT2D eigenvalue weighted by Crippen LogP contribution is 2.38. The molecule has 1 saturated heterocycles. The third-order valence-electron chi connectivity index (χ3n) is 13.0. The second-order valence-electron chi connectivity index (χ2n) is 19.1. The molecule has 4 heterocycles. The average molecular weight is 1130 g/mol. The number of aliphatic hydroxyl groups excluding tert-OH is 1. The molecule has 1 fully saturated rings. The molecule has 2 aliphatic rings. The van der Waals surface area contributed by atoms with E-state index in [2.05, 4.69) is 33.2 Å². The summed E-state index contributed by atoms with van der Waals surface area (Å²) in [6, 6.07) is 13.7. The summed E-state index contributed by atoms with van der Waals surface area (Å²) in [5, 5.41) is 34.5. The third-order valence-corrected chi connectivity index (χ3v) is 15.7. The number of aliphatic hydroxyl groups is 1. The zero-order chi connectivity index (χ0) is 56.2. The number of anilines is 2. The maximum atomic E-state index is 13.8. The van der Waals surface area contributed by atoms with E-state index in [0.29, 0.717) is 150 Å². The van der Waals surface area contributed by atoms with Crippen LogP contribution in [0.3, 0.4) is 0 Å². The van der Waals surface area contributed by atoms with Crippen molar-refractivity contribution in [2.45, 2.75) is 88.0 Å². The van der Waals surface area contributed by atoms with Gasteiger partial charge in [0.25, 0.3) is 5.91 Å². The van der Waals surface area contributed by atoms with Crippen molar-refractivity contribution in [3.05, 3.63) is 77.7 Å². The Morgan fingerprint density at radius 1 is 0.785 bits per heavy atom. The molecule has 2 aromatic heterocycles. The van der Waals surface area contributed by atoms with Crippen molar-refractivity contribution in [2.75, 3.05) is 109 Å². The molecule has 2 aliphatic heterocycles. The molecular formula is C56H78N10O11S2. The number of benzene rings is 2. The van der Waals surface area contributed by atoms with Crippen LogP contribution in [0.2, 0.25) is 0 Å². The normalized spacial score (nSPS) is 16.1. The number of ether oxygens (including phenoxy) is 4. The smallest absolute Gasteiger partial charge is 0.254 e. The first-order chi connectivity index (χ1) is 38.4. The monoisotopic (exact) mass is 1130 g/mol. The number of amides is 5. The number of phenols is 1. The molecule has 2 aromatic carbocycles. The van der Waals surface area contributed by atoms with E-state index in [9.17, 15) is 34.2 Å². The first kappa shape index (κ1) is 62.0. The van der Waals surface area contributed by atoms with Crippen molar-refractivity contribution in [1.29, 1.82) is 0 Å². The fourth-order valence-corrected chi connectivity index (χ4v) is 11.2. The Kier molecular flexibility index (Phi) is 26.8. The van der Waals surface area contributed by atoms with Gasteiger partial charge in [-0.25, -0.2) is 9.97 Å². The van der Waals surface area contributed by atoms with Crippen LogP contribution in [0.25, 0.3) is 27.2 Å². The lowest BCUT2D eigenvalue weighted by atomic mass is 10.0. The molecule has 11 N–H and O–H groups in total. The number of fused-ring (bicyclic) bond motifs is 1.